The van der Waals surface area contributed by atoms with E-state index in [0.717, 1.165) is 33.4 Å². The van der Waals surface area contributed by atoms with E-state index in [1.165, 1.54) is 0 Å². The van der Waals surface area contributed by atoms with Crippen LogP contribution < -0.4 is 5.43 Å². The Balaban J connectivity index is 1.85. The fourth-order valence-corrected chi connectivity index (χ4v) is 2.49. The van der Waals surface area contributed by atoms with Crippen LogP contribution in [-0.2, 0) is 0 Å². The maximum absolute atomic E-state index is 12.0. The van der Waals surface area contributed by atoms with Crippen molar-refractivity contribution >= 4 is 23.3 Å². The first-order valence-corrected chi connectivity index (χ1v) is 7.43. The van der Waals surface area contributed by atoms with Gasteiger partial charge in [-0.2, -0.15) is 0 Å². The molecule has 0 aliphatic heterocycles. The van der Waals surface area contributed by atoms with E-state index in [1.54, 1.807) is 0 Å². The van der Waals surface area contributed by atoms with Gasteiger partial charge < -0.3 is 0 Å². The average molecular weight is 286 g/mol. The molecule has 0 spiro atoms. The summed E-state index contributed by atoms with van der Waals surface area (Å²) >= 11 is 0. The minimum absolute atomic E-state index is 0.158. The molecule has 0 saturated heterocycles. The average Bonchev–Trinajstić information content (AvgIpc) is 3.16. The number of benzene rings is 2. The van der Waals surface area contributed by atoms with Crippen molar-refractivity contribution in [2.24, 2.45) is 0 Å². The predicted octanol–water partition coefficient (Wildman–Crippen LogP) is 5.04. The maximum Gasteiger partial charge on any atom is 0.194 e. The van der Waals surface area contributed by atoms with Crippen molar-refractivity contribution in [3.8, 4) is 0 Å². The fourth-order valence-electron chi connectivity index (χ4n) is 2.49. The van der Waals surface area contributed by atoms with Crippen LogP contribution >= 0.6 is 0 Å². The van der Waals surface area contributed by atoms with Gasteiger partial charge in [-0.05, 0) is 48.3 Å². The minimum atomic E-state index is 0.158. The van der Waals surface area contributed by atoms with Crippen LogP contribution in [0.3, 0.4) is 0 Å². The third kappa shape index (κ3) is 2.99. The highest BCUT2D eigenvalue weighted by atomic mass is 16.1. The molecule has 1 heteroatoms. The van der Waals surface area contributed by atoms with Gasteiger partial charge in [0.05, 0.1) is 0 Å². The highest BCUT2D eigenvalue weighted by molar-refractivity contribution is 5.92. The van der Waals surface area contributed by atoms with Crippen LogP contribution in [0.15, 0.2) is 65.5 Å². The van der Waals surface area contributed by atoms with E-state index in [0.29, 0.717) is 0 Å². The zero-order valence-electron chi connectivity index (χ0n) is 12.8. The first-order valence-electron chi connectivity index (χ1n) is 7.43. The van der Waals surface area contributed by atoms with Crippen LogP contribution in [0.5, 0.6) is 0 Å². The summed E-state index contributed by atoms with van der Waals surface area (Å²) in [5.74, 6) is 0. The van der Waals surface area contributed by atoms with Crippen LogP contribution in [-0.4, -0.2) is 0 Å². The first kappa shape index (κ1) is 14.3. The second kappa shape index (κ2) is 5.98. The van der Waals surface area contributed by atoms with E-state index in [-0.39, 0.29) is 5.43 Å². The van der Waals surface area contributed by atoms with Gasteiger partial charge in [0.1, 0.15) is 0 Å². The van der Waals surface area contributed by atoms with Crippen LogP contribution in [0.2, 0.25) is 0 Å². The second-order valence-electron chi connectivity index (χ2n) is 5.54. The normalized spacial score (nSPS) is 12.8. The standard InChI is InChI=1S/C21H18O/c1-15(17-9-5-3-6-10-17)13-19-20(21(19)22)14-16(2)18-11-7-4-8-12-18/h3-14H,1-2H3. The Labute approximate surface area is 130 Å². The van der Waals surface area contributed by atoms with Crippen molar-refractivity contribution in [3.63, 3.8) is 0 Å². The number of hydrogen-bond acceptors (Lipinski definition) is 1. The van der Waals surface area contributed by atoms with Crippen molar-refractivity contribution in [1.29, 1.82) is 0 Å². The monoisotopic (exact) mass is 286 g/mol. The van der Waals surface area contributed by atoms with E-state index >= 15 is 0 Å². The van der Waals surface area contributed by atoms with Crippen molar-refractivity contribution in [2.45, 2.75) is 13.8 Å². The largest absolute Gasteiger partial charge is 0.289 e. The molecule has 3 aromatic rings. The number of allylic oxidation sites excluding steroid dienone is 2. The molecule has 0 amide bonds. The maximum atomic E-state index is 12.0. The Kier molecular flexibility index (Phi) is 3.88. The molecule has 0 heterocycles. The van der Waals surface area contributed by atoms with Crippen molar-refractivity contribution in [3.05, 3.63) is 93.1 Å². The lowest BCUT2D eigenvalue weighted by Crippen LogP contribution is -1.79. The molecule has 0 atom stereocenters. The Morgan fingerprint density at radius 1 is 0.682 bits per heavy atom. The molecule has 0 fully saturated rings. The molecule has 0 aliphatic rings. The van der Waals surface area contributed by atoms with Gasteiger partial charge in [0.15, 0.2) is 5.43 Å². The molecule has 0 bridgehead atoms. The SMILES string of the molecule is CC(=Cc1c(C=C(C)c2ccccc2)c1=O)c1ccccc1. The third-order valence-electron chi connectivity index (χ3n) is 3.90. The summed E-state index contributed by atoms with van der Waals surface area (Å²) in [7, 11) is 0. The highest BCUT2D eigenvalue weighted by Gasteiger charge is 2.18. The zero-order chi connectivity index (χ0) is 15.5. The van der Waals surface area contributed by atoms with Gasteiger partial charge in [-0.25, -0.2) is 0 Å². The van der Waals surface area contributed by atoms with Crippen molar-refractivity contribution in [1.82, 2.24) is 0 Å². The Hall–Kier alpha value is -2.67. The molecule has 3 rings (SSSR count). The van der Waals surface area contributed by atoms with E-state index in [9.17, 15) is 4.79 Å². The second-order valence-corrected chi connectivity index (χ2v) is 5.54. The lowest BCUT2D eigenvalue weighted by molar-refractivity contribution is 1.58. The molecule has 0 aliphatic carbocycles. The molecule has 0 saturated carbocycles. The highest BCUT2D eigenvalue weighted by Crippen LogP contribution is 2.24. The quantitative estimate of drug-likeness (QED) is 0.656. The number of hydrogen-bond donors (Lipinski definition) is 0. The summed E-state index contributed by atoms with van der Waals surface area (Å²) in [5.41, 5.74) is 6.35. The van der Waals surface area contributed by atoms with Gasteiger partial charge in [-0.1, -0.05) is 60.7 Å². The van der Waals surface area contributed by atoms with Crippen molar-refractivity contribution in [2.75, 3.05) is 0 Å². The van der Waals surface area contributed by atoms with Crippen LogP contribution in [0.4, 0.5) is 0 Å². The molecule has 1 nitrogen and oxygen atoms in total. The van der Waals surface area contributed by atoms with Gasteiger partial charge in [-0.3, -0.25) is 4.79 Å². The molecule has 0 N–H and O–H groups in total. The van der Waals surface area contributed by atoms with Gasteiger partial charge in [0.25, 0.3) is 0 Å². The van der Waals surface area contributed by atoms with Crippen LogP contribution in [0, 0.1) is 0 Å². The molecule has 3 aromatic carbocycles. The smallest absolute Gasteiger partial charge is 0.194 e. The fraction of sp³-hybridized carbons (Fsp3) is 0.0952. The first-order chi connectivity index (χ1) is 10.7. The van der Waals surface area contributed by atoms with E-state index in [1.807, 2.05) is 62.4 Å². The predicted molar refractivity (Wildman–Crippen MR) is 95.1 cm³/mol. The van der Waals surface area contributed by atoms with Crippen LogP contribution in [0.25, 0.3) is 23.3 Å². The van der Waals surface area contributed by atoms with Crippen LogP contribution in [0.1, 0.15) is 36.1 Å². The lowest BCUT2D eigenvalue weighted by atomic mass is 10.1. The molecular formula is C21H18O. The summed E-state index contributed by atoms with van der Waals surface area (Å²) in [6.07, 6.45) is 3.98. The van der Waals surface area contributed by atoms with Gasteiger partial charge >= 0.3 is 0 Å². The summed E-state index contributed by atoms with van der Waals surface area (Å²) in [6, 6.07) is 20.3. The zero-order valence-corrected chi connectivity index (χ0v) is 12.8. The van der Waals surface area contributed by atoms with Crippen molar-refractivity contribution < 1.29 is 0 Å². The number of rotatable bonds is 4. The van der Waals surface area contributed by atoms with Gasteiger partial charge in [0.2, 0.25) is 0 Å². The Morgan fingerprint density at radius 2 is 1.05 bits per heavy atom. The molecular weight excluding hydrogens is 268 g/mol. The summed E-state index contributed by atoms with van der Waals surface area (Å²) in [6.45, 7) is 4.08. The Bertz CT molecular complexity index is 771. The molecule has 0 radical (unpaired) electrons. The molecule has 22 heavy (non-hydrogen) atoms. The van der Waals surface area contributed by atoms with E-state index < -0.39 is 0 Å². The van der Waals surface area contributed by atoms with Gasteiger partial charge in [-0.15, -0.1) is 0 Å². The molecule has 0 unspecified atom stereocenters. The van der Waals surface area contributed by atoms with E-state index in [2.05, 4.69) is 24.3 Å². The summed E-state index contributed by atoms with van der Waals surface area (Å²) in [4.78, 5) is 12.0. The minimum Gasteiger partial charge on any atom is -0.289 e. The Morgan fingerprint density at radius 3 is 1.41 bits per heavy atom. The van der Waals surface area contributed by atoms with E-state index in [4.69, 9.17) is 0 Å². The summed E-state index contributed by atoms with van der Waals surface area (Å²) < 4.78 is 0. The third-order valence-corrected chi connectivity index (χ3v) is 3.90. The molecule has 0 aromatic heterocycles. The molecule has 108 valence electrons. The van der Waals surface area contributed by atoms with Gasteiger partial charge in [0, 0.05) is 11.1 Å². The lowest BCUT2D eigenvalue weighted by Gasteiger charge is -1.99. The topological polar surface area (TPSA) is 17.1 Å². The summed E-state index contributed by atoms with van der Waals surface area (Å²) in [5, 5.41) is 0.